The largest absolute Gasteiger partial charge is 0.480 e. The normalized spacial score (nSPS) is 11.5. The molecule has 0 aromatic heterocycles. The third-order valence-electron chi connectivity index (χ3n) is 2.31. The fraction of sp³-hybridized carbons (Fsp3) is 0.250. The highest BCUT2D eigenvalue weighted by Gasteiger charge is 2.18. The minimum atomic E-state index is -1.40. The molecule has 0 spiro atoms. The van der Waals surface area contributed by atoms with Crippen molar-refractivity contribution >= 4 is 29.4 Å². The number of aliphatic hydroxyl groups is 1. The fourth-order valence-electron chi connectivity index (χ4n) is 1.32. The molecule has 1 atom stereocenters. The number of aliphatic carboxylic acids is 1. The molecular formula is C12H13ClN2O5. The van der Waals surface area contributed by atoms with Gasteiger partial charge in [-0.05, 0) is 18.2 Å². The molecule has 0 radical (unpaired) electrons. The maximum absolute atomic E-state index is 11.7. The van der Waals surface area contributed by atoms with E-state index in [0.29, 0.717) is 5.02 Å². The zero-order valence-electron chi connectivity index (χ0n) is 10.3. The van der Waals surface area contributed by atoms with Crippen LogP contribution >= 0.6 is 11.6 Å². The predicted molar refractivity (Wildman–Crippen MR) is 70.4 cm³/mol. The predicted octanol–water partition coefficient (Wildman–Crippen LogP) is -0.369. The summed E-state index contributed by atoms with van der Waals surface area (Å²) in [5.74, 6) is -2.60. The van der Waals surface area contributed by atoms with E-state index in [1.54, 1.807) is 12.1 Å². The van der Waals surface area contributed by atoms with Crippen molar-refractivity contribution in [2.24, 2.45) is 0 Å². The summed E-state index contributed by atoms with van der Waals surface area (Å²) in [6.07, 6.45) is 0. The van der Waals surface area contributed by atoms with E-state index in [0.717, 1.165) is 0 Å². The molecule has 20 heavy (non-hydrogen) atoms. The second-order valence-corrected chi connectivity index (χ2v) is 4.27. The molecule has 8 heteroatoms. The molecule has 7 nitrogen and oxygen atoms in total. The van der Waals surface area contributed by atoms with Crippen LogP contribution in [0.25, 0.3) is 0 Å². The van der Waals surface area contributed by atoms with Gasteiger partial charge < -0.3 is 20.8 Å². The van der Waals surface area contributed by atoms with Gasteiger partial charge in [0.15, 0.2) is 0 Å². The summed E-state index contributed by atoms with van der Waals surface area (Å²) in [5, 5.41) is 22.1. The average Bonchev–Trinajstić information content (AvgIpc) is 2.41. The number of amides is 2. The molecule has 2 amide bonds. The topological polar surface area (TPSA) is 116 Å². The first-order valence-electron chi connectivity index (χ1n) is 5.61. The smallest absolute Gasteiger partial charge is 0.328 e. The first-order valence-corrected chi connectivity index (χ1v) is 5.98. The van der Waals surface area contributed by atoms with Crippen LogP contribution < -0.4 is 10.6 Å². The number of nitrogens with one attached hydrogen (secondary N) is 2. The summed E-state index contributed by atoms with van der Waals surface area (Å²) in [5.41, 5.74) is 0.280. The Hall–Kier alpha value is -2.12. The van der Waals surface area contributed by atoms with Gasteiger partial charge in [-0.25, -0.2) is 4.79 Å². The average molecular weight is 301 g/mol. The van der Waals surface area contributed by atoms with Gasteiger partial charge >= 0.3 is 5.97 Å². The molecule has 1 rings (SSSR count). The van der Waals surface area contributed by atoms with E-state index in [-0.39, 0.29) is 5.56 Å². The van der Waals surface area contributed by atoms with E-state index in [2.05, 4.69) is 10.6 Å². The van der Waals surface area contributed by atoms with Gasteiger partial charge in [-0.15, -0.1) is 0 Å². The maximum atomic E-state index is 11.7. The lowest BCUT2D eigenvalue weighted by molar-refractivity contribution is -0.142. The number of benzene rings is 1. The third kappa shape index (κ3) is 4.87. The number of hydrogen-bond acceptors (Lipinski definition) is 4. The first kappa shape index (κ1) is 15.9. The van der Waals surface area contributed by atoms with E-state index in [4.69, 9.17) is 21.8 Å². The summed E-state index contributed by atoms with van der Waals surface area (Å²) >= 11 is 5.72. The Balaban J connectivity index is 2.49. The molecule has 0 unspecified atom stereocenters. The Labute approximate surface area is 119 Å². The van der Waals surface area contributed by atoms with Crippen molar-refractivity contribution in [1.82, 2.24) is 10.6 Å². The summed E-state index contributed by atoms with van der Waals surface area (Å²) in [6, 6.07) is 4.74. The highest BCUT2D eigenvalue weighted by molar-refractivity contribution is 6.30. The summed E-state index contributed by atoms with van der Waals surface area (Å²) in [6.45, 7) is -1.14. The maximum Gasteiger partial charge on any atom is 0.328 e. The lowest BCUT2D eigenvalue weighted by Gasteiger charge is -2.12. The second-order valence-electron chi connectivity index (χ2n) is 3.83. The van der Waals surface area contributed by atoms with Crippen molar-refractivity contribution in [3.63, 3.8) is 0 Å². The molecule has 0 saturated heterocycles. The molecular weight excluding hydrogens is 288 g/mol. The number of rotatable bonds is 6. The van der Waals surface area contributed by atoms with Crippen LogP contribution in [0.2, 0.25) is 5.02 Å². The van der Waals surface area contributed by atoms with Gasteiger partial charge in [-0.3, -0.25) is 9.59 Å². The lowest BCUT2D eigenvalue weighted by atomic mass is 10.2. The van der Waals surface area contributed by atoms with E-state index in [1.165, 1.54) is 12.1 Å². The number of aliphatic hydroxyl groups excluding tert-OH is 1. The molecule has 0 aliphatic carbocycles. The quantitative estimate of drug-likeness (QED) is 0.572. The van der Waals surface area contributed by atoms with Crippen LogP contribution in [0.1, 0.15) is 10.4 Å². The van der Waals surface area contributed by atoms with Gasteiger partial charge in [0.05, 0.1) is 13.2 Å². The van der Waals surface area contributed by atoms with E-state index < -0.39 is 37.0 Å². The Morgan fingerprint density at radius 3 is 2.55 bits per heavy atom. The molecule has 0 heterocycles. The molecule has 0 fully saturated rings. The van der Waals surface area contributed by atoms with Crippen molar-refractivity contribution in [2.45, 2.75) is 6.04 Å². The Kier molecular flexibility index (Phi) is 5.95. The van der Waals surface area contributed by atoms with Crippen molar-refractivity contribution in [3.05, 3.63) is 34.9 Å². The number of carbonyl (C=O) groups is 3. The Bertz CT molecular complexity index is 520. The Morgan fingerprint density at radius 1 is 1.30 bits per heavy atom. The number of halogens is 1. The van der Waals surface area contributed by atoms with Gasteiger partial charge in [0.2, 0.25) is 5.91 Å². The minimum absolute atomic E-state index is 0.280. The molecule has 0 bridgehead atoms. The molecule has 0 saturated carbocycles. The van der Waals surface area contributed by atoms with Crippen LogP contribution in [0.3, 0.4) is 0 Å². The van der Waals surface area contributed by atoms with Crippen LogP contribution in [0, 0.1) is 0 Å². The van der Waals surface area contributed by atoms with Crippen LogP contribution in [0.15, 0.2) is 24.3 Å². The second kappa shape index (κ2) is 7.46. The van der Waals surface area contributed by atoms with Gasteiger partial charge in [0, 0.05) is 10.6 Å². The van der Waals surface area contributed by atoms with Gasteiger partial charge in [0.25, 0.3) is 5.91 Å². The highest BCUT2D eigenvalue weighted by Crippen LogP contribution is 2.10. The molecule has 1 aromatic carbocycles. The van der Waals surface area contributed by atoms with Crippen LogP contribution in [0.5, 0.6) is 0 Å². The number of carboxylic acids is 1. The summed E-state index contributed by atoms with van der Waals surface area (Å²) in [4.78, 5) is 33.7. The minimum Gasteiger partial charge on any atom is -0.480 e. The molecule has 0 aliphatic heterocycles. The standard InChI is InChI=1S/C12H13ClN2O5/c13-8-3-1-2-7(4-8)11(18)14-5-10(17)15-9(6-16)12(19)20/h1-4,9,16H,5-6H2,(H,14,18)(H,15,17)(H,19,20)/t9-/m1/s1. The summed E-state index contributed by atoms with van der Waals surface area (Å²) < 4.78 is 0. The fourth-order valence-corrected chi connectivity index (χ4v) is 1.51. The highest BCUT2D eigenvalue weighted by atomic mass is 35.5. The number of hydrogen-bond donors (Lipinski definition) is 4. The number of carbonyl (C=O) groups excluding carboxylic acids is 2. The van der Waals surface area contributed by atoms with Crippen molar-refractivity contribution in [2.75, 3.05) is 13.2 Å². The van der Waals surface area contributed by atoms with Crippen LogP contribution in [-0.2, 0) is 9.59 Å². The monoisotopic (exact) mass is 300 g/mol. The SMILES string of the molecule is O=C(CNC(=O)c1cccc(Cl)c1)N[C@H](CO)C(=O)O. The zero-order valence-corrected chi connectivity index (χ0v) is 11.1. The third-order valence-corrected chi connectivity index (χ3v) is 2.55. The van der Waals surface area contributed by atoms with Gasteiger partial charge in [-0.2, -0.15) is 0 Å². The van der Waals surface area contributed by atoms with Gasteiger partial charge in [0.1, 0.15) is 6.04 Å². The molecule has 1 aromatic rings. The lowest BCUT2D eigenvalue weighted by Crippen LogP contribution is -2.47. The van der Waals surface area contributed by atoms with Crippen LogP contribution in [-0.4, -0.2) is 47.2 Å². The van der Waals surface area contributed by atoms with Crippen LogP contribution in [0.4, 0.5) is 0 Å². The Morgan fingerprint density at radius 2 is 2.00 bits per heavy atom. The first-order chi connectivity index (χ1) is 9.43. The van der Waals surface area contributed by atoms with E-state index in [9.17, 15) is 14.4 Å². The van der Waals surface area contributed by atoms with Crippen molar-refractivity contribution < 1.29 is 24.6 Å². The van der Waals surface area contributed by atoms with Crippen molar-refractivity contribution in [3.8, 4) is 0 Å². The van der Waals surface area contributed by atoms with E-state index >= 15 is 0 Å². The zero-order chi connectivity index (χ0) is 15.1. The summed E-state index contributed by atoms with van der Waals surface area (Å²) in [7, 11) is 0. The van der Waals surface area contributed by atoms with E-state index in [1.807, 2.05) is 0 Å². The molecule has 4 N–H and O–H groups in total. The number of carboxylic acid groups (broad SMARTS) is 1. The van der Waals surface area contributed by atoms with Gasteiger partial charge in [-0.1, -0.05) is 17.7 Å². The van der Waals surface area contributed by atoms with Crippen molar-refractivity contribution in [1.29, 1.82) is 0 Å². The molecule has 0 aliphatic rings. The molecule has 108 valence electrons.